The Morgan fingerprint density at radius 3 is 2.95 bits per heavy atom. The van der Waals surface area contributed by atoms with E-state index in [0.717, 1.165) is 26.1 Å². The topological polar surface area (TPSA) is 41.7 Å². The van der Waals surface area contributed by atoms with Gasteiger partial charge in [0.2, 0.25) is 0 Å². The third-order valence-corrected chi connectivity index (χ3v) is 4.02. The maximum absolute atomic E-state index is 5.96. The molecule has 0 radical (unpaired) electrons. The minimum Gasteiger partial charge on any atom is -0.383 e. The number of nitrogens with zero attached hydrogens (tertiary/aromatic N) is 2. The summed E-state index contributed by atoms with van der Waals surface area (Å²) in [7, 11) is 5.99. The van der Waals surface area contributed by atoms with Crippen LogP contribution in [0.15, 0.2) is 18.2 Å². The van der Waals surface area contributed by atoms with Crippen LogP contribution in [0.5, 0.6) is 0 Å². The molecule has 0 saturated carbocycles. The smallest absolute Gasteiger partial charge is 0.0589 e. The molecule has 1 aromatic rings. The van der Waals surface area contributed by atoms with Crippen molar-refractivity contribution in [3.05, 3.63) is 29.3 Å². The Morgan fingerprint density at radius 2 is 2.26 bits per heavy atom. The van der Waals surface area contributed by atoms with Gasteiger partial charge in [-0.15, -0.1) is 0 Å². The average Bonchev–Trinajstić information content (AvgIpc) is 2.78. The zero-order chi connectivity index (χ0) is 13.8. The minimum absolute atomic E-state index is 0.270. The number of hydrogen-bond donors (Lipinski definition) is 1. The highest BCUT2D eigenvalue weighted by atomic mass is 16.5. The molecule has 0 aliphatic carbocycles. The van der Waals surface area contributed by atoms with Gasteiger partial charge in [0.05, 0.1) is 6.61 Å². The first-order valence-electron chi connectivity index (χ1n) is 6.90. The quantitative estimate of drug-likeness (QED) is 0.839. The van der Waals surface area contributed by atoms with Crippen molar-refractivity contribution in [3.63, 3.8) is 0 Å². The highest BCUT2D eigenvalue weighted by Crippen LogP contribution is 2.30. The number of ether oxygens (including phenoxy) is 1. The molecule has 2 N–H and O–H groups in total. The van der Waals surface area contributed by atoms with Gasteiger partial charge >= 0.3 is 0 Å². The van der Waals surface area contributed by atoms with Crippen molar-refractivity contribution >= 4 is 5.69 Å². The largest absolute Gasteiger partial charge is 0.383 e. The second-order valence-corrected chi connectivity index (χ2v) is 5.28. The average molecular weight is 263 g/mol. The number of benzene rings is 1. The highest BCUT2D eigenvalue weighted by molar-refractivity contribution is 5.58. The van der Waals surface area contributed by atoms with E-state index in [4.69, 9.17) is 10.5 Å². The summed E-state index contributed by atoms with van der Waals surface area (Å²) in [6.45, 7) is 3.39. The molecular formula is C15H25N3O. The van der Waals surface area contributed by atoms with Crippen LogP contribution < -0.4 is 10.6 Å². The second-order valence-electron chi connectivity index (χ2n) is 5.28. The Hall–Kier alpha value is -1.10. The summed E-state index contributed by atoms with van der Waals surface area (Å²) < 4.78 is 5.14. The van der Waals surface area contributed by atoms with Crippen LogP contribution in [0, 0.1) is 0 Å². The van der Waals surface area contributed by atoms with Crippen LogP contribution in [0.4, 0.5) is 5.69 Å². The molecule has 106 valence electrons. The lowest BCUT2D eigenvalue weighted by Gasteiger charge is -2.27. The molecular weight excluding hydrogens is 238 g/mol. The number of hydrogen-bond acceptors (Lipinski definition) is 4. The lowest BCUT2D eigenvalue weighted by Crippen LogP contribution is -2.33. The van der Waals surface area contributed by atoms with Crippen LogP contribution in [0.3, 0.4) is 0 Å². The lowest BCUT2D eigenvalue weighted by atomic mass is 10.0. The van der Waals surface area contributed by atoms with E-state index >= 15 is 0 Å². The van der Waals surface area contributed by atoms with E-state index in [2.05, 4.69) is 42.1 Å². The third-order valence-electron chi connectivity index (χ3n) is 4.02. The van der Waals surface area contributed by atoms with Gasteiger partial charge in [0.1, 0.15) is 0 Å². The molecule has 1 atom stereocenters. The monoisotopic (exact) mass is 263 g/mol. The van der Waals surface area contributed by atoms with Crippen molar-refractivity contribution in [2.24, 2.45) is 5.73 Å². The molecule has 0 bridgehead atoms. The van der Waals surface area contributed by atoms with Crippen molar-refractivity contribution in [1.82, 2.24) is 4.90 Å². The molecule has 2 rings (SSSR count). The number of rotatable bonds is 6. The molecule has 0 saturated heterocycles. The van der Waals surface area contributed by atoms with E-state index < -0.39 is 0 Å². The third kappa shape index (κ3) is 3.08. The molecule has 4 nitrogen and oxygen atoms in total. The van der Waals surface area contributed by atoms with Gasteiger partial charge in [-0.2, -0.15) is 0 Å². The number of anilines is 1. The van der Waals surface area contributed by atoms with Gasteiger partial charge in [-0.3, -0.25) is 4.90 Å². The van der Waals surface area contributed by atoms with Gasteiger partial charge in [0, 0.05) is 45.5 Å². The number of likely N-dealkylation sites (N-methyl/N-ethyl adjacent to an activating group) is 2. The Morgan fingerprint density at radius 1 is 1.47 bits per heavy atom. The van der Waals surface area contributed by atoms with Crippen molar-refractivity contribution in [1.29, 1.82) is 0 Å². The van der Waals surface area contributed by atoms with E-state index in [9.17, 15) is 0 Å². The summed E-state index contributed by atoms with van der Waals surface area (Å²) in [5, 5.41) is 0. The minimum atomic E-state index is 0.270. The standard InChI is InChI=1S/C15H25N3O/c1-17-7-6-13-10-12(4-5-14(13)17)15(11-16)18(2)8-9-19-3/h4-5,10,15H,6-9,11,16H2,1-3H3. The highest BCUT2D eigenvalue weighted by Gasteiger charge is 2.20. The van der Waals surface area contributed by atoms with Gasteiger partial charge in [-0.05, 0) is 30.7 Å². The van der Waals surface area contributed by atoms with E-state index in [1.54, 1.807) is 7.11 Å². The van der Waals surface area contributed by atoms with E-state index in [0.29, 0.717) is 6.54 Å². The predicted octanol–water partition coefficient (Wildman–Crippen LogP) is 1.26. The first kappa shape index (κ1) is 14.3. The molecule has 1 aromatic carbocycles. The fourth-order valence-electron chi connectivity index (χ4n) is 2.76. The van der Waals surface area contributed by atoms with E-state index in [-0.39, 0.29) is 6.04 Å². The molecule has 0 aromatic heterocycles. The van der Waals surface area contributed by atoms with Gasteiger partial charge < -0.3 is 15.4 Å². The fourth-order valence-corrected chi connectivity index (χ4v) is 2.76. The van der Waals surface area contributed by atoms with Crippen LogP contribution >= 0.6 is 0 Å². The lowest BCUT2D eigenvalue weighted by molar-refractivity contribution is 0.140. The van der Waals surface area contributed by atoms with Gasteiger partial charge in [-0.1, -0.05) is 12.1 Å². The Bertz CT molecular complexity index is 422. The Balaban J connectivity index is 2.15. The van der Waals surface area contributed by atoms with Gasteiger partial charge in [-0.25, -0.2) is 0 Å². The van der Waals surface area contributed by atoms with E-state index in [1.165, 1.54) is 16.8 Å². The number of nitrogens with two attached hydrogens (primary N) is 1. The number of methoxy groups -OCH3 is 1. The summed E-state index contributed by atoms with van der Waals surface area (Å²) in [6, 6.07) is 7.03. The predicted molar refractivity (Wildman–Crippen MR) is 79.7 cm³/mol. The first-order valence-corrected chi connectivity index (χ1v) is 6.90. The molecule has 4 heteroatoms. The fraction of sp³-hybridized carbons (Fsp3) is 0.600. The molecule has 0 spiro atoms. The van der Waals surface area contributed by atoms with Crippen LogP contribution in [-0.4, -0.2) is 52.3 Å². The molecule has 0 amide bonds. The maximum atomic E-state index is 5.96. The van der Waals surface area contributed by atoms with Crippen molar-refractivity contribution in [3.8, 4) is 0 Å². The Labute approximate surface area is 116 Å². The molecule has 1 aliphatic heterocycles. The normalized spacial score (nSPS) is 15.9. The summed E-state index contributed by atoms with van der Waals surface area (Å²) in [6.07, 6.45) is 1.14. The first-order chi connectivity index (χ1) is 9.17. The van der Waals surface area contributed by atoms with Gasteiger partial charge in [0.25, 0.3) is 0 Å². The van der Waals surface area contributed by atoms with Crippen molar-refractivity contribution in [2.75, 3.05) is 52.3 Å². The molecule has 19 heavy (non-hydrogen) atoms. The molecule has 0 fully saturated rings. The molecule has 1 aliphatic rings. The van der Waals surface area contributed by atoms with Crippen LogP contribution in [0.1, 0.15) is 17.2 Å². The van der Waals surface area contributed by atoms with Crippen molar-refractivity contribution in [2.45, 2.75) is 12.5 Å². The zero-order valence-electron chi connectivity index (χ0n) is 12.2. The SMILES string of the molecule is COCCN(C)C(CN)c1ccc2c(c1)CCN2C. The van der Waals surface area contributed by atoms with Crippen molar-refractivity contribution < 1.29 is 4.74 Å². The molecule has 1 heterocycles. The van der Waals surface area contributed by atoms with Crippen LogP contribution in [0.2, 0.25) is 0 Å². The van der Waals surface area contributed by atoms with Gasteiger partial charge in [0.15, 0.2) is 0 Å². The van der Waals surface area contributed by atoms with E-state index in [1.807, 2.05) is 0 Å². The maximum Gasteiger partial charge on any atom is 0.0589 e. The second kappa shape index (κ2) is 6.37. The zero-order valence-corrected chi connectivity index (χ0v) is 12.2. The summed E-state index contributed by atoms with van der Waals surface area (Å²) >= 11 is 0. The van der Waals surface area contributed by atoms with Crippen LogP contribution in [0.25, 0.3) is 0 Å². The number of fused-ring (bicyclic) bond motifs is 1. The molecule has 1 unspecified atom stereocenters. The van der Waals surface area contributed by atoms with Crippen LogP contribution in [-0.2, 0) is 11.2 Å². The Kier molecular flexibility index (Phi) is 4.80. The summed E-state index contributed by atoms with van der Waals surface area (Å²) in [5.74, 6) is 0. The summed E-state index contributed by atoms with van der Waals surface area (Å²) in [5.41, 5.74) is 10.1. The summed E-state index contributed by atoms with van der Waals surface area (Å²) in [4.78, 5) is 4.58.